The Morgan fingerprint density at radius 2 is 1.94 bits per heavy atom. The van der Waals surface area contributed by atoms with Crippen LogP contribution in [0.25, 0.3) is 21.8 Å². The zero-order chi connectivity index (χ0) is 21.7. The number of amides is 2. The van der Waals surface area contributed by atoms with Crippen molar-refractivity contribution in [2.75, 3.05) is 13.1 Å². The number of carbonyl (C=O) groups excluding carboxylic acids is 2. The highest BCUT2D eigenvalue weighted by Crippen LogP contribution is 2.31. The Morgan fingerprint density at radius 1 is 1.13 bits per heavy atom. The molecule has 2 amide bonds. The third kappa shape index (κ3) is 3.33. The molecular formula is C24H21ClN4O2. The van der Waals surface area contributed by atoms with Crippen molar-refractivity contribution in [3.05, 3.63) is 76.6 Å². The molecule has 3 heterocycles. The maximum atomic E-state index is 13.3. The van der Waals surface area contributed by atoms with Gasteiger partial charge in [-0.15, -0.1) is 0 Å². The van der Waals surface area contributed by atoms with Gasteiger partial charge in [0.05, 0.1) is 11.1 Å². The summed E-state index contributed by atoms with van der Waals surface area (Å²) < 4.78 is 1.90. The molecule has 1 fully saturated rings. The number of aromatic nitrogens is 2. The Balaban J connectivity index is 1.45. The first-order valence-electron chi connectivity index (χ1n) is 10.2. The molecule has 0 radical (unpaired) electrons. The van der Waals surface area contributed by atoms with Gasteiger partial charge in [-0.05, 0) is 42.8 Å². The average molecular weight is 433 g/mol. The molecule has 6 nitrogen and oxygen atoms in total. The molecule has 1 unspecified atom stereocenters. The van der Waals surface area contributed by atoms with Crippen LogP contribution in [0.3, 0.4) is 0 Å². The number of nitrogens with zero attached hydrogens (tertiary/aromatic N) is 3. The van der Waals surface area contributed by atoms with E-state index in [0.29, 0.717) is 29.4 Å². The first kappa shape index (κ1) is 19.6. The van der Waals surface area contributed by atoms with Gasteiger partial charge in [0.15, 0.2) is 0 Å². The highest BCUT2D eigenvalue weighted by Gasteiger charge is 2.31. The summed E-state index contributed by atoms with van der Waals surface area (Å²) in [7, 11) is 1.89. The number of hydrogen-bond donors (Lipinski definition) is 1. The van der Waals surface area contributed by atoms with Gasteiger partial charge >= 0.3 is 0 Å². The molecule has 0 aliphatic carbocycles. The maximum Gasteiger partial charge on any atom is 0.270 e. The van der Waals surface area contributed by atoms with Crippen molar-refractivity contribution in [3.63, 3.8) is 0 Å². The second-order valence-electron chi connectivity index (χ2n) is 8.00. The number of para-hydroxylation sites is 1. The molecule has 5 rings (SSSR count). The molecule has 2 aromatic heterocycles. The minimum Gasteiger partial charge on any atom is -0.366 e. The van der Waals surface area contributed by atoms with Gasteiger partial charge < -0.3 is 15.2 Å². The summed E-state index contributed by atoms with van der Waals surface area (Å²) in [5, 5.41) is 2.33. The smallest absolute Gasteiger partial charge is 0.270 e. The summed E-state index contributed by atoms with van der Waals surface area (Å²) in [5.74, 6) is -0.441. The molecule has 1 saturated heterocycles. The average Bonchev–Trinajstić information content (AvgIpc) is 3.37. The topological polar surface area (TPSA) is 81.2 Å². The molecule has 2 aromatic carbocycles. The van der Waals surface area contributed by atoms with Crippen LogP contribution in [0.15, 0.2) is 54.6 Å². The molecule has 156 valence electrons. The van der Waals surface area contributed by atoms with E-state index in [4.69, 9.17) is 22.3 Å². The predicted octanol–water partition coefficient (Wildman–Crippen LogP) is 4.11. The van der Waals surface area contributed by atoms with E-state index in [-0.39, 0.29) is 11.8 Å². The lowest BCUT2D eigenvalue weighted by Gasteiger charge is -2.17. The van der Waals surface area contributed by atoms with Crippen molar-refractivity contribution >= 4 is 45.2 Å². The summed E-state index contributed by atoms with van der Waals surface area (Å²) in [4.78, 5) is 31.9. The van der Waals surface area contributed by atoms with Gasteiger partial charge in [-0.3, -0.25) is 14.6 Å². The minimum atomic E-state index is -0.472. The summed E-state index contributed by atoms with van der Waals surface area (Å²) >= 11 is 6.11. The number of rotatable bonds is 3. The standard InChI is InChI=1S/C24H21ClN4O2/c1-28-21-7-6-16(25)10-15(21)11-22(28)24(31)29-9-8-14(13-29)20-12-18(23(26)30)17-4-2-3-5-19(17)27-20/h2-7,10-12,14H,8-9,13H2,1H3,(H2,26,30). The van der Waals surface area contributed by atoms with Gasteiger partial charge in [-0.1, -0.05) is 29.8 Å². The number of likely N-dealkylation sites (tertiary alicyclic amines) is 1. The highest BCUT2D eigenvalue weighted by molar-refractivity contribution is 6.31. The van der Waals surface area contributed by atoms with E-state index in [1.165, 1.54) is 0 Å². The number of primary amides is 1. The Labute approximate surface area is 184 Å². The molecule has 1 aliphatic rings. The van der Waals surface area contributed by atoms with Crippen molar-refractivity contribution in [3.8, 4) is 0 Å². The molecule has 0 bridgehead atoms. The van der Waals surface area contributed by atoms with E-state index in [2.05, 4.69) is 0 Å². The van der Waals surface area contributed by atoms with Gasteiger partial charge in [-0.25, -0.2) is 0 Å². The van der Waals surface area contributed by atoms with Gasteiger partial charge in [0, 0.05) is 53.1 Å². The Hall–Kier alpha value is -3.38. The molecule has 4 aromatic rings. The van der Waals surface area contributed by atoms with Crippen molar-refractivity contribution in [2.24, 2.45) is 12.8 Å². The van der Waals surface area contributed by atoms with Crippen LogP contribution < -0.4 is 5.73 Å². The van der Waals surface area contributed by atoms with Crippen LogP contribution in [0.1, 0.15) is 38.9 Å². The Bertz CT molecular complexity index is 1360. The fraction of sp³-hybridized carbons (Fsp3) is 0.208. The van der Waals surface area contributed by atoms with Crippen LogP contribution >= 0.6 is 11.6 Å². The van der Waals surface area contributed by atoms with Crippen LogP contribution in [0.5, 0.6) is 0 Å². The quantitative estimate of drug-likeness (QED) is 0.529. The van der Waals surface area contributed by atoms with E-state index in [9.17, 15) is 9.59 Å². The number of benzene rings is 2. The zero-order valence-corrected chi connectivity index (χ0v) is 17.8. The monoisotopic (exact) mass is 432 g/mol. The number of carbonyl (C=O) groups is 2. The van der Waals surface area contributed by atoms with Crippen LogP contribution in [0, 0.1) is 0 Å². The largest absolute Gasteiger partial charge is 0.366 e. The fourth-order valence-electron chi connectivity index (χ4n) is 4.48. The van der Waals surface area contributed by atoms with Crippen molar-refractivity contribution < 1.29 is 9.59 Å². The van der Waals surface area contributed by atoms with E-state index in [0.717, 1.165) is 33.9 Å². The van der Waals surface area contributed by atoms with Gasteiger partial charge in [0.25, 0.3) is 5.91 Å². The molecule has 1 aliphatic heterocycles. The number of aryl methyl sites for hydroxylation is 1. The van der Waals surface area contributed by atoms with Gasteiger partial charge in [0.2, 0.25) is 5.91 Å². The van der Waals surface area contributed by atoms with E-state index in [1.54, 1.807) is 6.07 Å². The lowest BCUT2D eigenvalue weighted by molar-refractivity contribution is 0.0781. The van der Waals surface area contributed by atoms with Crippen molar-refractivity contribution in [1.29, 1.82) is 0 Å². The molecule has 1 atom stereocenters. The summed E-state index contributed by atoms with van der Waals surface area (Å²) in [5.41, 5.74) is 9.22. The third-order valence-corrected chi connectivity index (χ3v) is 6.35. The number of halogens is 1. The van der Waals surface area contributed by atoms with Crippen LogP contribution in [0.4, 0.5) is 0 Å². The molecule has 31 heavy (non-hydrogen) atoms. The number of hydrogen-bond acceptors (Lipinski definition) is 3. The predicted molar refractivity (Wildman–Crippen MR) is 121 cm³/mol. The lowest BCUT2D eigenvalue weighted by atomic mass is 9.99. The van der Waals surface area contributed by atoms with Crippen molar-refractivity contribution in [1.82, 2.24) is 14.5 Å². The first-order valence-corrected chi connectivity index (χ1v) is 10.5. The van der Waals surface area contributed by atoms with Gasteiger partial charge in [-0.2, -0.15) is 0 Å². The summed E-state index contributed by atoms with van der Waals surface area (Å²) in [6.07, 6.45) is 0.783. The molecular weight excluding hydrogens is 412 g/mol. The number of nitrogens with two attached hydrogens (primary N) is 1. The molecule has 7 heteroatoms. The minimum absolute atomic E-state index is 0.0202. The Morgan fingerprint density at radius 3 is 2.74 bits per heavy atom. The first-order chi connectivity index (χ1) is 14.9. The summed E-state index contributed by atoms with van der Waals surface area (Å²) in [6.45, 7) is 1.18. The Kier molecular flexibility index (Phi) is 4.67. The van der Waals surface area contributed by atoms with Crippen LogP contribution in [-0.2, 0) is 7.05 Å². The lowest BCUT2D eigenvalue weighted by Crippen LogP contribution is -2.30. The maximum absolute atomic E-state index is 13.3. The second-order valence-corrected chi connectivity index (χ2v) is 8.44. The highest BCUT2D eigenvalue weighted by atomic mass is 35.5. The third-order valence-electron chi connectivity index (χ3n) is 6.12. The van der Waals surface area contributed by atoms with E-state index < -0.39 is 5.91 Å². The normalized spacial score (nSPS) is 16.3. The van der Waals surface area contributed by atoms with Crippen molar-refractivity contribution in [2.45, 2.75) is 12.3 Å². The zero-order valence-electron chi connectivity index (χ0n) is 17.0. The number of pyridine rings is 1. The van der Waals surface area contributed by atoms with Crippen LogP contribution in [-0.4, -0.2) is 39.4 Å². The van der Waals surface area contributed by atoms with E-state index >= 15 is 0 Å². The van der Waals surface area contributed by atoms with Gasteiger partial charge in [0.1, 0.15) is 5.69 Å². The summed E-state index contributed by atoms with van der Waals surface area (Å²) in [6, 6.07) is 16.8. The second kappa shape index (κ2) is 7.39. The molecule has 0 saturated carbocycles. The van der Waals surface area contributed by atoms with Crippen LogP contribution in [0.2, 0.25) is 5.02 Å². The number of fused-ring (bicyclic) bond motifs is 2. The SMILES string of the molecule is Cn1c(C(=O)N2CCC(c3cc(C(N)=O)c4ccccc4n3)C2)cc2cc(Cl)ccc21. The molecule has 0 spiro atoms. The molecule has 2 N–H and O–H groups in total. The fourth-order valence-corrected chi connectivity index (χ4v) is 4.66. The van der Waals surface area contributed by atoms with E-state index in [1.807, 2.05) is 65.0 Å².